The van der Waals surface area contributed by atoms with Gasteiger partial charge in [-0.2, -0.15) is 0 Å². The summed E-state index contributed by atoms with van der Waals surface area (Å²) in [4.78, 5) is 24.5. The van der Waals surface area contributed by atoms with Crippen LogP contribution in [0.25, 0.3) is 10.8 Å². The summed E-state index contributed by atoms with van der Waals surface area (Å²) in [6.45, 7) is 0. The standard InChI is InChI=1S/C20H18N2O4/c1-25-17-10-9-16(12-18(17)26-2)20(24)22-21-19(23)15-8-7-13-5-3-4-6-14(13)11-15/h3-12H,1-2H3,(H,21,23)(H,22,24). The predicted molar refractivity (Wildman–Crippen MR) is 98.4 cm³/mol. The first-order chi connectivity index (χ1) is 12.6. The fourth-order valence-corrected chi connectivity index (χ4v) is 2.57. The molecule has 0 saturated heterocycles. The lowest BCUT2D eigenvalue weighted by Crippen LogP contribution is -2.41. The molecule has 26 heavy (non-hydrogen) atoms. The number of methoxy groups -OCH3 is 2. The molecule has 0 spiro atoms. The molecule has 6 heteroatoms. The Morgan fingerprint density at radius 1 is 0.692 bits per heavy atom. The molecule has 0 aliphatic heterocycles. The minimum absolute atomic E-state index is 0.335. The summed E-state index contributed by atoms with van der Waals surface area (Å²) < 4.78 is 10.3. The third-order valence-corrected chi connectivity index (χ3v) is 3.95. The number of benzene rings is 3. The highest BCUT2D eigenvalue weighted by molar-refractivity contribution is 6.01. The van der Waals surface area contributed by atoms with Crippen LogP contribution in [0.2, 0.25) is 0 Å². The van der Waals surface area contributed by atoms with Crippen molar-refractivity contribution in [2.45, 2.75) is 0 Å². The third kappa shape index (κ3) is 3.59. The molecule has 0 aliphatic carbocycles. The maximum Gasteiger partial charge on any atom is 0.269 e. The molecule has 0 atom stereocenters. The molecule has 0 unspecified atom stereocenters. The second-order valence-electron chi connectivity index (χ2n) is 5.54. The molecule has 0 fully saturated rings. The number of hydrogen-bond donors (Lipinski definition) is 2. The fraction of sp³-hybridized carbons (Fsp3) is 0.100. The molecule has 0 radical (unpaired) electrons. The van der Waals surface area contributed by atoms with Gasteiger partial charge in [-0.15, -0.1) is 0 Å². The zero-order chi connectivity index (χ0) is 18.5. The van der Waals surface area contributed by atoms with E-state index >= 15 is 0 Å². The van der Waals surface area contributed by atoms with Gasteiger partial charge in [0.15, 0.2) is 11.5 Å². The third-order valence-electron chi connectivity index (χ3n) is 3.95. The van der Waals surface area contributed by atoms with Gasteiger partial charge in [0.25, 0.3) is 11.8 Å². The molecule has 0 heterocycles. The minimum Gasteiger partial charge on any atom is -0.493 e. The molecule has 132 valence electrons. The van der Waals surface area contributed by atoms with E-state index in [1.54, 1.807) is 24.3 Å². The lowest BCUT2D eigenvalue weighted by Gasteiger charge is -2.11. The van der Waals surface area contributed by atoms with Crippen LogP contribution < -0.4 is 20.3 Å². The highest BCUT2D eigenvalue weighted by Gasteiger charge is 2.12. The van der Waals surface area contributed by atoms with Crippen molar-refractivity contribution in [2.24, 2.45) is 0 Å². The average molecular weight is 350 g/mol. The quantitative estimate of drug-likeness (QED) is 0.710. The first-order valence-corrected chi connectivity index (χ1v) is 7.94. The van der Waals surface area contributed by atoms with E-state index in [1.807, 2.05) is 30.3 Å². The Morgan fingerprint density at radius 3 is 1.92 bits per heavy atom. The SMILES string of the molecule is COc1ccc(C(=O)NNC(=O)c2ccc3ccccc3c2)cc1OC. The van der Waals surface area contributed by atoms with Crippen LogP contribution in [-0.4, -0.2) is 26.0 Å². The van der Waals surface area contributed by atoms with Crippen molar-refractivity contribution in [1.29, 1.82) is 0 Å². The second-order valence-corrected chi connectivity index (χ2v) is 5.54. The zero-order valence-electron chi connectivity index (χ0n) is 14.4. The number of carbonyl (C=O) groups excluding carboxylic acids is 2. The first-order valence-electron chi connectivity index (χ1n) is 7.94. The molecule has 6 nitrogen and oxygen atoms in total. The van der Waals surface area contributed by atoms with Crippen molar-refractivity contribution >= 4 is 22.6 Å². The summed E-state index contributed by atoms with van der Waals surface area (Å²) in [6, 6.07) is 17.8. The van der Waals surface area contributed by atoms with Crippen LogP contribution in [0.5, 0.6) is 11.5 Å². The van der Waals surface area contributed by atoms with Gasteiger partial charge in [0.1, 0.15) is 0 Å². The molecule has 0 aliphatic rings. The van der Waals surface area contributed by atoms with Crippen LogP contribution in [0.4, 0.5) is 0 Å². The largest absolute Gasteiger partial charge is 0.493 e. The Hall–Kier alpha value is -3.54. The smallest absolute Gasteiger partial charge is 0.269 e. The summed E-state index contributed by atoms with van der Waals surface area (Å²) in [5.74, 6) is 0.0925. The topological polar surface area (TPSA) is 76.7 Å². The maximum absolute atomic E-state index is 12.3. The Bertz CT molecular complexity index is 969. The minimum atomic E-state index is -0.458. The van der Waals surface area contributed by atoms with Gasteiger partial charge in [-0.3, -0.25) is 20.4 Å². The number of hydrogen-bond acceptors (Lipinski definition) is 4. The van der Waals surface area contributed by atoms with Crippen molar-refractivity contribution in [3.8, 4) is 11.5 Å². The summed E-state index contributed by atoms with van der Waals surface area (Å²) in [7, 11) is 3.00. The van der Waals surface area contributed by atoms with E-state index in [-0.39, 0.29) is 0 Å². The molecular weight excluding hydrogens is 332 g/mol. The van der Waals surface area contributed by atoms with Gasteiger partial charge in [0, 0.05) is 11.1 Å². The van der Waals surface area contributed by atoms with Crippen molar-refractivity contribution in [3.05, 3.63) is 71.8 Å². The number of hydrazine groups is 1. The van der Waals surface area contributed by atoms with E-state index in [9.17, 15) is 9.59 Å². The van der Waals surface area contributed by atoms with Crippen molar-refractivity contribution < 1.29 is 19.1 Å². The second kappa shape index (κ2) is 7.57. The average Bonchev–Trinajstić information content (AvgIpc) is 2.70. The highest BCUT2D eigenvalue weighted by atomic mass is 16.5. The summed E-state index contributed by atoms with van der Waals surface area (Å²) in [5, 5.41) is 1.99. The molecular formula is C20H18N2O4. The van der Waals surface area contributed by atoms with Gasteiger partial charge in [0.2, 0.25) is 0 Å². The van der Waals surface area contributed by atoms with Crippen LogP contribution in [0, 0.1) is 0 Å². The Morgan fingerprint density at radius 2 is 1.27 bits per heavy atom. The maximum atomic E-state index is 12.3. The molecule has 3 aromatic rings. The molecule has 3 rings (SSSR count). The van der Waals surface area contributed by atoms with Crippen LogP contribution >= 0.6 is 0 Å². The molecule has 2 N–H and O–H groups in total. The zero-order valence-corrected chi connectivity index (χ0v) is 14.4. The fourth-order valence-electron chi connectivity index (χ4n) is 2.57. The molecule has 3 aromatic carbocycles. The van der Waals surface area contributed by atoms with Gasteiger partial charge in [-0.25, -0.2) is 0 Å². The van der Waals surface area contributed by atoms with Crippen molar-refractivity contribution in [1.82, 2.24) is 10.9 Å². The van der Waals surface area contributed by atoms with Crippen molar-refractivity contribution in [2.75, 3.05) is 14.2 Å². The monoisotopic (exact) mass is 350 g/mol. The number of ether oxygens (including phenoxy) is 2. The number of carbonyl (C=O) groups is 2. The normalized spacial score (nSPS) is 10.2. The van der Waals surface area contributed by atoms with Crippen molar-refractivity contribution in [3.63, 3.8) is 0 Å². The lowest BCUT2D eigenvalue weighted by molar-refractivity contribution is 0.0846. The summed E-state index contributed by atoms with van der Waals surface area (Å²) in [5.41, 5.74) is 5.61. The van der Waals surface area contributed by atoms with E-state index in [0.29, 0.717) is 22.6 Å². The van der Waals surface area contributed by atoms with Gasteiger partial charge >= 0.3 is 0 Å². The summed E-state index contributed by atoms with van der Waals surface area (Å²) >= 11 is 0. The van der Waals surface area contributed by atoms with E-state index in [2.05, 4.69) is 10.9 Å². The van der Waals surface area contributed by atoms with E-state index in [0.717, 1.165) is 10.8 Å². The molecule has 0 bridgehead atoms. The predicted octanol–water partition coefficient (Wildman–Crippen LogP) is 2.93. The van der Waals surface area contributed by atoms with Gasteiger partial charge in [0.05, 0.1) is 14.2 Å². The van der Waals surface area contributed by atoms with Crippen LogP contribution in [0.15, 0.2) is 60.7 Å². The summed E-state index contributed by atoms with van der Waals surface area (Å²) in [6.07, 6.45) is 0. The Kier molecular flexibility index (Phi) is 5.03. The molecule has 0 saturated carbocycles. The number of nitrogens with one attached hydrogen (secondary N) is 2. The highest BCUT2D eigenvalue weighted by Crippen LogP contribution is 2.27. The van der Waals surface area contributed by atoms with Crippen LogP contribution in [0.1, 0.15) is 20.7 Å². The number of fused-ring (bicyclic) bond motifs is 1. The first kappa shape index (κ1) is 17.3. The lowest BCUT2D eigenvalue weighted by atomic mass is 10.1. The molecule has 0 aromatic heterocycles. The molecule has 2 amide bonds. The van der Waals surface area contributed by atoms with Crippen LogP contribution in [0.3, 0.4) is 0 Å². The van der Waals surface area contributed by atoms with Gasteiger partial charge in [-0.1, -0.05) is 30.3 Å². The number of amides is 2. The Balaban J connectivity index is 1.69. The van der Waals surface area contributed by atoms with Gasteiger partial charge < -0.3 is 9.47 Å². The van der Waals surface area contributed by atoms with E-state index < -0.39 is 11.8 Å². The van der Waals surface area contributed by atoms with Crippen LogP contribution in [-0.2, 0) is 0 Å². The number of rotatable bonds is 4. The van der Waals surface area contributed by atoms with Gasteiger partial charge in [-0.05, 0) is 41.1 Å². The van der Waals surface area contributed by atoms with E-state index in [4.69, 9.17) is 9.47 Å². The Labute approximate surface area is 150 Å². The van der Waals surface area contributed by atoms with E-state index in [1.165, 1.54) is 20.3 Å².